The molecule has 0 fully saturated rings. The maximum Gasteiger partial charge on any atom is 0.258 e. The van der Waals surface area contributed by atoms with Crippen LogP contribution >= 0.6 is 0 Å². The zero-order chi connectivity index (χ0) is 19.7. The van der Waals surface area contributed by atoms with Gasteiger partial charge in [-0.15, -0.1) is 0 Å². The van der Waals surface area contributed by atoms with E-state index >= 15 is 0 Å². The largest absolute Gasteiger partial charge is 0.334 e. The second kappa shape index (κ2) is 7.07. The van der Waals surface area contributed by atoms with Gasteiger partial charge in [-0.05, 0) is 43.3 Å². The Hall–Kier alpha value is -3.81. The minimum atomic E-state index is -0.222. The van der Waals surface area contributed by atoms with Crippen LogP contribution in [0.5, 0.6) is 0 Å². The van der Waals surface area contributed by atoms with E-state index in [1.54, 1.807) is 56.4 Å². The molecular weight excluding hydrogens is 358 g/mol. The second-order valence-corrected chi connectivity index (χ2v) is 6.42. The number of aryl methyl sites for hydroxylation is 1. The van der Waals surface area contributed by atoms with Gasteiger partial charge in [0, 0.05) is 18.2 Å². The van der Waals surface area contributed by atoms with Gasteiger partial charge in [-0.1, -0.05) is 17.3 Å². The van der Waals surface area contributed by atoms with E-state index in [2.05, 4.69) is 20.1 Å². The highest BCUT2D eigenvalue weighted by molar-refractivity contribution is 5.94. The number of carbonyl (C=O) groups is 1. The number of aromatic amines is 1. The van der Waals surface area contributed by atoms with Crippen molar-refractivity contribution in [1.29, 1.82) is 0 Å². The zero-order valence-electron chi connectivity index (χ0n) is 15.3. The van der Waals surface area contributed by atoms with E-state index in [4.69, 9.17) is 4.52 Å². The summed E-state index contributed by atoms with van der Waals surface area (Å²) in [4.78, 5) is 37.7. The van der Waals surface area contributed by atoms with Gasteiger partial charge in [0.1, 0.15) is 5.82 Å². The minimum Gasteiger partial charge on any atom is -0.334 e. The molecule has 0 aliphatic rings. The predicted octanol–water partition coefficient (Wildman–Crippen LogP) is 2.55. The van der Waals surface area contributed by atoms with Gasteiger partial charge in [0.25, 0.3) is 17.4 Å². The summed E-state index contributed by atoms with van der Waals surface area (Å²) in [7, 11) is 1.66. The molecule has 0 aliphatic heterocycles. The van der Waals surface area contributed by atoms with Crippen molar-refractivity contribution < 1.29 is 9.32 Å². The summed E-state index contributed by atoms with van der Waals surface area (Å²) in [5.74, 6) is 1.19. The van der Waals surface area contributed by atoms with E-state index < -0.39 is 0 Å². The quantitative estimate of drug-likeness (QED) is 0.588. The molecule has 0 radical (unpaired) electrons. The number of benzene rings is 2. The highest BCUT2D eigenvalue weighted by Crippen LogP contribution is 2.18. The van der Waals surface area contributed by atoms with Crippen LogP contribution in [0.25, 0.3) is 22.4 Å². The van der Waals surface area contributed by atoms with E-state index in [-0.39, 0.29) is 18.0 Å². The van der Waals surface area contributed by atoms with Crippen LogP contribution in [-0.4, -0.2) is 38.0 Å². The van der Waals surface area contributed by atoms with Crippen LogP contribution in [0.4, 0.5) is 0 Å². The fourth-order valence-electron chi connectivity index (χ4n) is 2.90. The van der Waals surface area contributed by atoms with Gasteiger partial charge in [-0.2, -0.15) is 4.98 Å². The van der Waals surface area contributed by atoms with E-state index in [1.807, 2.05) is 6.07 Å². The summed E-state index contributed by atoms with van der Waals surface area (Å²) in [5.41, 5.74) is 1.62. The Kier molecular flexibility index (Phi) is 4.44. The van der Waals surface area contributed by atoms with E-state index in [0.717, 1.165) is 5.56 Å². The smallest absolute Gasteiger partial charge is 0.258 e. The Morgan fingerprint density at radius 3 is 2.57 bits per heavy atom. The number of nitrogens with zero attached hydrogens (tertiary/aromatic N) is 4. The molecule has 28 heavy (non-hydrogen) atoms. The van der Waals surface area contributed by atoms with Crippen molar-refractivity contribution in [2.24, 2.45) is 0 Å². The van der Waals surface area contributed by atoms with Gasteiger partial charge in [0.05, 0.1) is 17.4 Å². The lowest BCUT2D eigenvalue weighted by molar-refractivity contribution is 0.0781. The first-order chi connectivity index (χ1) is 13.5. The van der Waals surface area contributed by atoms with Crippen molar-refractivity contribution in [2.45, 2.75) is 13.5 Å². The summed E-state index contributed by atoms with van der Waals surface area (Å²) in [5, 5.41) is 4.28. The molecule has 8 nitrogen and oxygen atoms in total. The van der Waals surface area contributed by atoms with Crippen LogP contribution in [0.3, 0.4) is 0 Å². The monoisotopic (exact) mass is 375 g/mol. The number of H-pyrrole nitrogens is 1. The summed E-state index contributed by atoms with van der Waals surface area (Å²) in [6.45, 7) is 1.93. The van der Waals surface area contributed by atoms with Gasteiger partial charge in [-0.3, -0.25) is 9.59 Å². The van der Waals surface area contributed by atoms with E-state index in [0.29, 0.717) is 34.0 Å². The van der Waals surface area contributed by atoms with Crippen molar-refractivity contribution in [3.8, 4) is 11.5 Å². The fourth-order valence-corrected chi connectivity index (χ4v) is 2.90. The average molecular weight is 375 g/mol. The van der Waals surface area contributed by atoms with Gasteiger partial charge < -0.3 is 14.4 Å². The first kappa shape index (κ1) is 17.6. The molecule has 1 amide bonds. The van der Waals surface area contributed by atoms with E-state index in [9.17, 15) is 9.59 Å². The minimum absolute atomic E-state index is 0.184. The molecule has 2 aromatic carbocycles. The molecule has 2 heterocycles. The number of carbonyl (C=O) groups excluding carboxylic acids is 1. The maximum atomic E-state index is 12.7. The summed E-state index contributed by atoms with van der Waals surface area (Å²) >= 11 is 0. The molecule has 1 N–H and O–H groups in total. The summed E-state index contributed by atoms with van der Waals surface area (Å²) < 4.78 is 5.13. The van der Waals surface area contributed by atoms with E-state index in [1.165, 1.54) is 4.90 Å². The number of fused-ring (bicyclic) bond motifs is 1. The van der Waals surface area contributed by atoms with Crippen molar-refractivity contribution in [2.75, 3.05) is 7.05 Å². The maximum absolute atomic E-state index is 12.7. The molecule has 0 unspecified atom stereocenters. The Balaban J connectivity index is 1.52. The number of aromatic nitrogens is 4. The van der Waals surface area contributed by atoms with Crippen molar-refractivity contribution >= 4 is 16.8 Å². The summed E-state index contributed by atoms with van der Waals surface area (Å²) in [6.07, 6.45) is 0. The van der Waals surface area contributed by atoms with Crippen LogP contribution in [0.1, 0.15) is 22.0 Å². The lowest BCUT2D eigenvalue weighted by atomic mass is 10.1. The topological polar surface area (TPSA) is 105 Å². The molecule has 0 bridgehead atoms. The fraction of sp³-hybridized carbons (Fsp3) is 0.150. The molecule has 2 aromatic heterocycles. The van der Waals surface area contributed by atoms with Gasteiger partial charge in [0.2, 0.25) is 0 Å². The third kappa shape index (κ3) is 3.39. The van der Waals surface area contributed by atoms with Crippen LogP contribution in [-0.2, 0) is 6.54 Å². The number of rotatable bonds is 4. The molecule has 8 heteroatoms. The number of hydrogen-bond acceptors (Lipinski definition) is 6. The standard InChI is InChI=1S/C20H17N5O3/c1-12-21-19(28-24-12)13-7-9-14(10-8-13)20(27)25(2)11-17-22-16-6-4-3-5-15(16)18(26)23-17/h3-10H,11H2,1-2H3,(H,22,23,26). The number of para-hydroxylation sites is 1. The lowest BCUT2D eigenvalue weighted by Crippen LogP contribution is -2.28. The molecule has 4 rings (SSSR count). The Labute approximate surface area is 159 Å². The molecule has 0 saturated carbocycles. The van der Waals surface area contributed by atoms with Crippen LogP contribution in [0.2, 0.25) is 0 Å². The first-order valence-corrected chi connectivity index (χ1v) is 8.65. The lowest BCUT2D eigenvalue weighted by Gasteiger charge is -2.17. The predicted molar refractivity (Wildman–Crippen MR) is 103 cm³/mol. The molecule has 0 saturated heterocycles. The molecule has 4 aromatic rings. The first-order valence-electron chi connectivity index (χ1n) is 8.65. The Bertz CT molecular complexity index is 1210. The SMILES string of the molecule is Cc1noc(-c2ccc(C(=O)N(C)Cc3nc4ccccc4c(=O)[nH]3)cc2)n1. The molecule has 0 atom stereocenters. The van der Waals surface area contributed by atoms with Crippen LogP contribution < -0.4 is 5.56 Å². The Morgan fingerprint density at radius 1 is 1.11 bits per heavy atom. The average Bonchev–Trinajstić information content (AvgIpc) is 3.14. The second-order valence-electron chi connectivity index (χ2n) is 6.42. The van der Waals surface area contributed by atoms with Crippen molar-refractivity contribution in [3.63, 3.8) is 0 Å². The highest BCUT2D eigenvalue weighted by Gasteiger charge is 2.15. The number of hydrogen-bond donors (Lipinski definition) is 1. The third-order valence-corrected chi connectivity index (χ3v) is 4.30. The number of amides is 1. The van der Waals surface area contributed by atoms with Gasteiger partial charge in [-0.25, -0.2) is 4.98 Å². The third-order valence-electron chi connectivity index (χ3n) is 4.30. The normalized spacial score (nSPS) is 10.9. The molecule has 0 spiro atoms. The van der Waals surface area contributed by atoms with Crippen LogP contribution in [0.15, 0.2) is 57.8 Å². The zero-order valence-corrected chi connectivity index (χ0v) is 15.3. The van der Waals surface area contributed by atoms with Crippen molar-refractivity contribution in [3.05, 3.63) is 76.1 Å². The highest BCUT2D eigenvalue weighted by atomic mass is 16.5. The van der Waals surface area contributed by atoms with Gasteiger partial charge >= 0.3 is 0 Å². The molecule has 140 valence electrons. The Morgan fingerprint density at radius 2 is 1.86 bits per heavy atom. The van der Waals surface area contributed by atoms with Crippen LogP contribution in [0, 0.1) is 6.92 Å². The molecule has 0 aliphatic carbocycles. The van der Waals surface area contributed by atoms with Gasteiger partial charge in [0.15, 0.2) is 5.82 Å². The summed E-state index contributed by atoms with van der Waals surface area (Å²) in [6, 6.07) is 14.0. The number of nitrogens with one attached hydrogen (secondary N) is 1. The molecular formula is C20H17N5O3. The van der Waals surface area contributed by atoms with Crippen molar-refractivity contribution in [1.82, 2.24) is 25.0 Å².